The molecule has 1 atom stereocenters. The molecule has 0 amide bonds. The fourth-order valence-corrected chi connectivity index (χ4v) is 3.17. The SMILES string of the molecule is CC(Cl)c1nc2cc(Br)cnc2n1Cc1ccsc1. The Morgan fingerprint density at radius 1 is 1.53 bits per heavy atom. The molecule has 0 N–H and O–H groups in total. The van der Waals surface area contributed by atoms with Crippen molar-refractivity contribution in [3.8, 4) is 0 Å². The van der Waals surface area contributed by atoms with Gasteiger partial charge in [-0.3, -0.25) is 0 Å². The third-order valence-corrected chi connectivity index (χ3v) is 4.22. The number of thiophene rings is 1. The van der Waals surface area contributed by atoms with Gasteiger partial charge in [-0.15, -0.1) is 11.6 Å². The van der Waals surface area contributed by atoms with E-state index in [1.165, 1.54) is 5.56 Å². The van der Waals surface area contributed by atoms with Crippen molar-refractivity contribution in [3.63, 3.8) is 0 Å². The van der Waals surface area contributed by atoms with E-state index in [0.717, 1.165) is 28.0 Å². The van der Waals surface area contributed by atoms with Gasteiger partial charge in [0.15, 0.2) is 5.65 Å². The molecule has 0 aromatic carbocycles. The molecule has 6 heteroatoms. The average molecular weight is 357 g/mol. The first-order chi connectivity index (χ1) is 9.15. The molecule has 98 valence electrons. The zero-order valence-corrected chi connectivity index (χ0v) is 13.3. The lowest BCUT2D eigenvalue weighted by atomic mass is 10.3. The van der Waals surface area contributed by atoms with Gasteiger partial charge in [0.25, 0.3) is 0 Å². The van der Waals surface area contributed by atoms with Crippen LogP contribution in [0.5, 0.6) is 0 Å². The lowest BCUT2D eigenvalue weighted by molar-refractivity contribution is 0.738. The van der Waals surface area contributed by atoms with Crippen LogP contribution in [0.4, 0.5) is 0 Å². The first kappa shape index (κ1) is 13.1. The lowest BCUT2D eigenvalue weighted by Gasteiger charge is -2.08. The van der Waals surface area contributed by atoms with Gasteiger partial charge in [-0.1, -0.05) is 0 Å². The van der Waals surface area contributed by atoms with Crippen LogP contribution in [0.1, 0.15) is 23.7 Å². The van der Waals surface area contributed by atoms with E-state index in [-0.39, 0.29) is 5.38 Å². The van der Waals surface area contributed by atoms with E-state index in [4.69, 9.17) is 11.6 Å². The number of rotatable bonds is 3. The summed E-state index contributed by atoms with van der Waals surface area (Å²) in [6, 6.07) is 4.08. The van der Waals surface area contributed by atoms with Crippen LogP contribution >= 0.6 is 38.9 Å². The monoisotopic (exact) mass is 355 g/mol. The summed E-state index contributed by atoms with van der Waals surface area (Å²) in [5, 5.41) is 4.06. The minimum Gasteiger partial charge on any atom is -0.307 e. The van der Waals surface area contributed by atoms with Crippen LogP contribution in [0.25, 0.3) is 11.2 Å². The zero-order valence-electron chi connectivity index (χ0n) is 10.2. The van der Waals surface area contributed by atoms with E-state index in [1.807, 2.05) is 13.0 Å². The van der Waals surface area contributed by atoms with Crippen molar-refractivity contribution < 1.29 is 0 Å². The highest BCUT2D eigenvalue weighted by atomic mass is 79.9. The molecule has 3 rings (SSSR count). The molecule has 3 nitrogen and oxygen atoms in total. The van der Waals surface area contributed by atoms with Gasteiger partial charge in [-0.2, -0.15) is 11.3 Å². The smallest absolute Gasteiger partial charge is 0.160 e. The summed E-state index contributed by atoms with van der Waals surface area (Å²) in [5.74, 6) is 0.855. The van der Waals surface area contributed by atoms with Crippen molar-refractivity contribution >= 4 is 50.0 Å². The van der Waals surface area contributed by atoms with Crippen molar-refractivity contribution in [2.24, 2.45) is 0 Å². The molecule has 0 spiro atoms. The second-order valence-corrected chi connectivity index (χ2v) is 6.65. The molecular formula is C13H11BrClN3S. The summed E-state index contributed by atoms with van der Waals surface area (Å²) in [4.78, 5) is 9.06. The molecule has 3 heterocycles. The number of aromatic nitrogens is 3. The van der Waals surface area contributed by atoms with Crippen molar-refractivity contribution in [2.75, 3.05) is 0 Å². The number of alkyl halides is 1. The lowest BCUT2D eigenvalue weighted by Crippen LogP contribution is -2.05. The Bertz CT molecular complexity index is 706. The number of fused-ring (bicyclic) bond motifs is 1. The Kier molecular flexibility index (Phi) is 3.60. The third kappa shape index (κ3) is 2.55. The number of hydrogen-bond acceptors (Lipinski definition) is 3. The fourth-order valence-electron chi connectivity index (χ4n) is 2.03. The quantitative estimate of drug-likeness (QED) is 0.642. The number of hydrogen-bond donors (Lipinski definition) is 0. The van der Waals surface area contributed by atoms with Crippen LogP contribution in [-0.2, 0) is 6.54 Å². The van der Waals surface area contributed by atoms with Crippen LogP contribution in [0.3, 0.4) is 0 Å². The predicted octanol–water partition coefficient (Wildman–Crippen LogP) is 4.60. The van der Waals surface area contributed by atoms with Gasteiger partial charge < -0.3 is 4.57 Å². The van der Waals surface area contributed by atoms with Gasteiger partial charge in [-0.25, -0.2) is 9.97 Å². The number of nitrogens with zero attached hydrogens (tertiary/aromatic N) is 3. The minimum atomic E-state index is -0.147. The van der Waals surface area contributed by atoms with E-state index in [0.29, 0.717) is 0 Å². The maximum absolute atomic E-state index is 6.24. The van der Waals surface area contributed by atoms with Gasteiger partial charge in [0.2, 0.25) is 0 Å². The van der Waals surface area contributed by atoms with Crippen LogP contribution in [0.15, 0.2) is 33.6 Å². The Morgan fingerprint density at radius 3 is 3.05 bits per heavy atom. The summed E-state index contributed by atoms with van der Waals surface area (Å²) >= 11 is 11.3. The summed E-state index contributed by atoms with van der Waals surface area (Å²) in [5.41, 5.74) is 2.98. The molecule has 0 aliphatic rings. The zero-order chi connectivity index (χ0) is 13.4. The van der Waals surface area contributed by atoms with Gasteiger partial charge in [0.1, 0.15) is 11.3 Å². The van der Waals surface area contributed by atoms with E-state index in [1.54, 1.807) is 17.5 Å². The summed E-state index contributed by atoms with van der Waals surface area (Å²) < 4.78 is 3.01. The second-order valence-electron chi connectivity index (χ2n) is 4.30. The minimum absolute atomic E-state index is 0.147. The molecule has 0 saturated heterocycles. The van der Waals surface area contributed by atoms with Gasteiger partial charge in [0.05, 0.1) is 11.9 Å². The van der Waals surface area contributed by atoms with Crippen LogP contribution < -0.4 is 0 Å². The van der Waals surface area contributed by atoms with E-state index < -0.39 is 0 Å². The van der Waals surface area contributed by atoms with Crippen molar-refractivity contribution in [2.45, 2.75) is 18.8 Å². The Labute approximate surface area is 128 Å². The first-order valence-electron chi connectivity index (χ1n) is 5.82. The van der Waals surface area contributed by atoms with E-state index in [9.17, 15) is 0 Å². The number of pyridine rings is 1. The number of halogens is 2. The van der Waals surface area contributed by atoms with Gasteiger partial charge >= 0.3 is 0 Å². The first-order valence-corrected chi connectivity index (χ1v) is 7.99. The number of imidazole rings is 1. The fraction of sp³-hybridized carbons (Fsp3) is 0.231. The van der Waals surface area contributed by atoms with Crippen LogP contribution in [0.2, 0.25) is 0 Å². The molecule has 0 fully saturated rings. The second kappa shape index (κ2) is 5.23. The van der Waals surface area contributed by atoms with Crippen molar-refractivity contribution in [3.05, 3.63) is 45.0 Å². The van der Waals surface area contributed by atoms with Crippen molar-refractivity contribution in [1.82, 2.24) is 14.5 Å². The van der Waals surface area contributed by atoms with E-state index in [2.05, 4.69) is 47.3 Å². The molecule has 0 aliphatic heterocycles. The topological polar surface area (TPSA) is 30.7 Å². The molecule has 1 unspecified atom stereocenters. The standard InChI is InChI=1S/C13H11BrClN3S/c1-8(15)12-17-11-4-10(14)5-16-13(11)18(12)6-9-2-3-19-7-9/h2-5,7-8H,6H2,1H3. The predicted molar refractivity (Wildman–Crippen MR) is 82.9 cm³/mol. The molecule has 3 aromatic rings. The Hall–Kier alpha value is -0.910. The molecule has 0 aliphatic carbocycles. The van der Waals surface area contributed by atoms with Gasteiger partial charge in [0, 0.05) is 10.7 Å². The Morgan fingerprint density at radius 2 is 2.37 bits per heavy atom. The van der Waals surface area contributed by atoms with Crippen LogP contribution in [0, 0.1) is 0 Å². The molecular weight excluding hydrogens is 346 g/mol. The highest BCUT2D eigenvalue weighted by Crippen LogP contribution is 2.26. The Balaban J connectivity index is 2.16. The summed E-state index contributed by atoms with van der Waals surface area (Å²) in [7, 11) is 0. The maximum Gasteiger partial charge on any atom is 0.160 e. The molecule has 19 heavy (non-hydrogen) atoms. The normalized spacial score (nSPS) is 13.0. The summed E-state index contributed by atoms with van der Waals surface area (Å²) in [6.07, 6.45) is 1.79. The maximum atomic E-state index is 6.24. The molecule has 0 radical (unpaired) electrons. The molecule has 0 saturated carbocycles. The highest BCUT2D eigenvalue weighted by molar-refractivity contribution is 9.10. The van der Waals surface area contributed by atoms with E-state index >= 15 is 0 Å². The van der Waals surface area contributed by atoms with Crippen LogP contribution in [-0.4, -0.2) is 14.5 Å². The highest BCUT2D eigenvalue weighted by Gasteiger charge is 2.16. The summed E-state index contributed by atoms with van der Waals surface area (Å²) in [6.45, 7) is 2.68. The van der Waals surface area contributed by atoms with Gasteiger partial charge in [-0.05, 0) is 51.3 Å². The van der Waals surface area contributed by atoms with Crippen molar-refractivity contribution in [1.29, 1.82) is 0 Å². The third-order valence-electron chi connectivity index (χ3n) is 2.86. The molecule has 0 bridgehead atoms. The largest absolute Gasteiger partial charge is 0.307 e. The molecule has 3 aromatic heterocycles. The average Bonchev–Trinajstić information content (AvgIpc) is 2.97.